The van der Waals surface area contributed by atoms with E-state index in [1.54, 1.807) is 12.3 Å². The van der Waals surface area contributed by atoms with Gasteiger partial charge < -0.3 is 15.8 Å². The van der Waals surface area contributed by atoms with E-state index in [1.165, 1.54) is 31.9 Å². The molecule has 3 N–H and O–H groups in total. The number of nitrogens with one attached hydrogen (secondary N) is 2. The van der Waals surface area contributed by atoms with Crippen molar-refractivity contribution in [3.63, 3.8) is 0 Å². The van der Waals surface area contributed by atoms with Crippen LogP contribution in [0.3, 0.4) is 0 Å². The Morgan fingerprint density at radius 2 is 2.26 bits per heavy atom. The topological polar surface area (TPSA) is 68.5 Å². The maximum atomic E-state index is 9.73. The third kappa shape index (κ3) is 4.23. The monoisotopic (exact) mass is 261 g/mol. The van der Waals surface area contributed by atoms with Gasteiger partial charge in [0.2, 0.25) is 0 Å². The minimum Gasteiger partial charge on any atom is -0.505 e. The molecule has 1 fully saturated rings. The average molecular weight is 261 g/mol. The SMILES string of the molecule is CC1C[C@H]1CCCCCC1=N/C(=C/C=N)NC=C1O. The summed E-state index contributed by atoms with van der Waals surface area (Å²) >= 11 is 0. The molecular weight excluding hydrogens is 238 g/mol. The lowest BCUT2D eigenvalue weighted by Crippen LogP contribution is -2.17. The minimum atomic E-state index is 0.220. The molecule has 2 rings (SSSR count). The molecule has 2 aliphatic rings. The Morgan fingerprint density at radius 3 is 2.95 bits per heavy atom. The number of unbranched alkanes of at least 4 members (excludes halogenated alkanes) is 2. The van der Waals surface area contributed by atoms with E-state index in [-0.39, 0.29) is 5.76 Å². The zero-order valence-electron chi connectivity index (χ0n) is 11.5. The van der Waals surface area contributed by atoms with Crippen molar-refractivity contribution in [3.8, 4) is 0 Å². The lowest BCUT2D eigenvalue weighted by atomic mass is 10.1. The third-order valence-electron chi connectivity index (χ3n) is 3.91. The van der Waals surface area contributed by atoms with Crippen molar-refractivity contribution in [2.24, 2.45) is 16.8 Å². The lowest BCUT2D eigenvalue weighted by molar-refractivity contribution is 0.433. The van der Waals surface area contributed by atoms with Crippen LogP contribution in [0.1, 0.15) is 45.4 Å². The van der Waals surface area contributed by atoms with Crippen LogP contribution in [-0.2, 0) is 0 Å². The number of allylic oxidation sites excluding steroid dienone is 2. The largest absolute Gasteiger partial charge is 0.505 e. The molecule has 104 valence electrons. The Morgan fingerprint density at radius 1 is 1.47 bits per heavy atom. The molecule has 1 heterocycles. The summed E-state index contributed by atoms with van der Waals surface area (Å²) in [7, 11) is 0. The number of hydrogen-bond acceptors (Lipinski definition) is 4. The Balaban J connectivity index is 1.69. The molecule has 0 aromatic heterocycles. The number of aliphatic hydroxyl groups is 1. The number of nitrogens with zero attached hydrogens (tertiary/aromatic N) is 1. The maximum Gasteiger partial charge on any atom is 0.153 e. The highest BCUT2D eigenvalue weighted by Crippen LogP contribution is 2.41. The Kier molecular flexibility index (Phi) is 4.77. The normalized spacial score (nSPS) is 27.5. The molecule has 0 bridgehead atoms. The van der Waals surface area contributed by atoms with Crippen LogP contribution >= 0.6 is 0 Å². The van der Waals surface area contributed by atoms with Gasteiger partial charge in [-0.3, -0.25) is 0 Å². The molecule has 0 saturated heterocycles. The number of aliphatic imine (C=N–C) groups is 1. The smallest absolute Gasteiger partial charge is 0.153 e. The summed E-state index contributed by atoms with van der Waals surface area (Å²) in [5.74, 6) is 2.77. The molecule has 0 radical (unpaired) electrons. The van der Waals surface area contributed by atoms with E-state index in [0.717, 1.165) is 30.4 Å². The van der Waals surface area contributed by atoms with E-state index in [4.69, 9.17) is 5.41 Å². The van der Waals surface area contributed by atoms with Gasteiger partial charge >= 0.3 is 0 Å². The van der Waals surface area contributed by atoms with E-state index in [1.807, 2.05) is 0 Å². The Bertz CT molecular complexity index is 423. The second kappa shape index (κ2) is 6.55. The molecular formula is C15H23N3O. The number of rotatable bonds is 7. The fourth-order valence-electron chi connectivity index (χ4n) is 2.49. The highest BCUT2D eigenvalue weighted by molar-refractivity contribution is 5.99. The number of hydrogen-bond donors (Lipinski definition) is 3. The second-order valence-electron chi connectivity index (χ2n) is 5.52. The van der Waals surface area contributed by atoms with Crippen molar-refractivity contribution in [1.29, 1.82) is 5.41 Å². The zero-order chi connectivity index (χ0) is 13.7. The summed E-state index contributed by atoms with van der Waals surface area (Å²) in [5.41, 5.74) is 0.728. The maximum absolute atomic E-state index is 9.73. The van der Waals surface area contributed by atoms with E-state index in [9.17, 15) is 5.11 Å². The van der Waals surface area contributed by atoms with Gasteiger partial charge in [-0.25, -0.2) is 4.99 Å². The second-order valence-corrected chi connectivity index (χ2v) is 5.52. The van der Waals surface area contributed by atoms with Gasteiger partial charge in [0.05, 0.1) is 5.71 Å². The molecule has 19 heavy (non-hydrogen) atoms. The summed E-state index contributed by atoms with van der Waals surface area (Å²) < 4.78 is 0. The van der Waals surface area contributed by atoms with Gasteiger partial charge in [0.25, 0.3) is 0 Å². The quantitative estimate of drug-likeness (QED) is 0.485. The Labute approximate surface area is 114 Å². The van der Waals surface area contributed by atoms with E-state index in [0.29, 0.717) is 5.82 Å². The van der Waals surface area contributed by atoms with Crippen LogP contribution in [0, 0.1) is 17.2 Å². The van der Waals surface area contributed by atoms with Crippen LogP contribution in [0.25, 0.3) is 0 Å². The third-order valence-corrected chi connectivity index (χ3v) is 3.91. The average Bonchev–Trinajstić information content (AvgIpc) is 3.09. The predicted octanol–water partition coefficient (Wildman–Crippen LogP) is 3.53. The van der Waals surface area contributed by atoms with E-state index in [2.05, 4.69) is 17.2 Å². The van der Waals surface area contributed by atoms with Gasteiger partial charge in [-0.2, -0.15) is 0 Å². The highest BCUT2D eigenvalue weighted by atomic mass is 16.3. The van der Waals surface area contributed by atoms with Gasteiger partial charge in [-0.15, -0.1) is 0 Å². The first kappa shape index (κ1) is 13.8. The van der Waals surface area contributed by atoms with Gasteiger partial charge in [0.15, 0.2) is 5.76 Å². The van der Waals surface area contributed by atoms with Crippen molar-refractivity contribution in [3.05, 3.63) is 23.9 Å². The van der Waals surface area contributed by atoms with Crippen molar-refractivity contribution in [2.75, 3.05) is 0 Å². The van der Waals surface area contributed by atoms with Gasteiger partial charge in [-0.05, 0) is 37.2 Å². The van der Waals surface area contributed by atoms with E-state index < -0.39 is 0 Å². The number of aliphatic hydroxyl groups excluding tert-OH is 1. The standard InChI is InChI=1S/C15H23N3O/c1-11-9-12(11)5-3-2-4-6-13-14(19)10-17-15(18-13)7-8-16/h7-8,10-12,16-17,19H,2-6,9H2,1H3/b15-7+,16-8?/t11?,12-/m1/s1. The van der Waals surface area contributed by atoms with Gasteiger partial charge in [-0.1, -0.05) is 26.2 Å². The molecule has 0 aromatic carbocycles. The van der Waals surface area contributed by atoms with Crippen LogP contribution in [0.2, 0.25) is 0 Å². The van der Waals surface area contributed by atoms with Crippen molar-refractivity contribution in [2.45, 2.75) is 45.4 Å². The summed E-state index contributed by atoms with van der Waals surface area (Å²) in [4.78, 5) is 4.31. The highest BCUT2D eigenvalue weighted by Gasteiger charge is 2.31. The van der Waals surface area contributed by atoms with Crippen LogP contribution in [-0.4, -0.2) is 17.0 Å². The molecule has 0 aromatic rings. The summed E-state index contributed by atoms with van der Waals surface area (Å²) in [6.07, 6.45) is 11.4. The molecule has 1 unspecified atom stereocenters. The predicted molar refractivity (Wildman–Crippen MR) is 78.5 cm³/mol. The molecule has 0 spiro atoms. The van der Waals surface area contributed by atoms with Crippen LogP contribution in [0.4, 0.5) is 0 Å². The fraction of sp³-hybridized carbons (Fsp3) is 0.600. The fourth-order valence-corrected chi connectivity index (χ4v) is 2.49. The van der Waals surface area contributed by atoms with Crippen LogP contribution in [0.15, 0.2) is 28.8 Å². The van der Waals surface area contributed by atoms with Crippen molar-refractivity contribution >= 4 is 11.9 Å². The first-order valence-corrected chi connectivity index (χ1v) is 7.15. The molecule has 2 atom stereocenters. The van der Waals surface area contributed by atoms with Crippen molar-refractivity contribution < 1.29 is 5.11 Å². The molecule has 4 heteroatoms. The first-order chi connectivity index (χ1) is 9.20. The summed E-state index contributed by atoms with van der Waals surface area (Å²) in [6.45, 7) is 2.33. The summed E-state index contributed by atoms with van der Waals surface area (Å²) in [5, 5.41) is 19.6. The summed E-state index contributed by atoms with van der Waals surface area (Å²) in [6, 6.07) is 0. The van der Waals surface area contributed by atoms with E-state index >= 15 is 0 Å². The molecule has 0 amide bonds. The molecule has 4 nitrogen and oxygen atoms in total. The van der Waals surface area contributed by atoms with Crippen molar-refractivity contribution in [1.82, 2.24) is 5.32 Å². The van der Waals surface area contributed by atoms with Crippen LogP contribution in [0.5, 0.6) is 0 Å². The molecule has 1 saturated carbocycles. The molecule has 1 aliphatic carbocycles. The first-order valence-electron chi connectivity index (χ1n) is 7.15. The molecule has 1 aliphatic heterocycles. The van der Waals surface area contributed by atoms with Crippen LogP contribution < -0.4 is 5.32 Å². The van der Waals surface area contributed by atoms with Gasteiger partial charge in [0, 0.05) is 12.4 Å². The Hall–Kier alpha value is -1.58. The lowest BCUT2D eigenvalue weighted by Gasteiger charge is -2.13. The minimum absolute atomic E-state index is 0.220. The zero-order valence-corrected chi connectivity index (χ0v) is 11.5. The van der Waals surface area contributed by atoms with Gasteiger partial charge in [0.1, 0.15) is 5.82 Å².